The fourth-order valence-electron chi connectivity index (χ4n) is 3.32. The molecule has 2 heterocycles. The van der Waals surface area contributed by atoms with Crippen molar-refractivity contribution >= 4 is 22.1 Å². The van der Waals surface area contributed by atoms with Gasteiger partial charge in [-0.15, -0.1) is 0 Å². The number of benzene rings is 2. The minimum atomic E-state index is -0.292. The number of hydrogen-bond donors (Lipinski definition) is 0. The molecule has 26 heavy (non-hydrogen) atoms. The Bertz CT molecular complexity index is 1060. The van der Waals surface area contributed by atoms with Gasteiger partial charge in [-0.1, -0.05) is 30.3 Å². The van der Waals surface area contributed by atoms with Gasteiger partial charge < -0.3 is 8.83 Å². The summed E-state index contributed by atoms with van der Waals surface area (Å²) in [5.41, 5.74) is 2.41. The summed E-state index contributed by atoms with van der Waals surface area (Å²) in [5.74, 6) is 0.666. The van der Waals surface area contributed by atoms with Gasteiger partial charge in [0.25, 0.3) is 0 Å². The maximum atomic E-state index is 12.0. The number of furan rings is 1. The largest absolute Gasteiger partial charge is 0.459 e. The quantitative estimate of drug-likeness (QED) is 0.516. The number of rotatable bonds is 6. The molecule has 1 unspecified atom stereocenters. The van der Waals surface area contributed by atoms with E-state index in [1.807, 2.05) is 42.5 Å². The van der Waals surface area contributed by atoms with Crippen molar-refractivity contribution in [2.45, 2.75) is 25.9 Å². The Morgan fingerprint density at radius 3 is 2.58 bits per heavy atom. The average molecular weight is 350 g/mol. The molecule has 2 aromatic heterocycles. The molecule has 0 aliphatic rings. The van der Waals surface area contributed by atoms with Crippen molar-refractivity contribution < 1.29 is 8.83 Å². The van der Waals surface area contributed by atoms with Crippen LogP contribution in [0.1, 0.15) is 25.1 Å². The van der Waals surface area contributed by atoms with Gasteiger partial charge in [-0.05, 0) is 44.7 Å². The van der Waals surface area contributed by atoms with Crippen LogP contribution in [-0.4, -0.2) is 23.1 Å². The van der Waals surface area contributed by atoms with E-state index in [-0.39, 0.29) is 11.8 Å². The van der Waals surface area contributed by atoms with Crippen LogP contribution in [0.25, 0.3) is 22.1 Å². The first kappa shape index (κ1) is 16.7. The number of aryl methyl sites for hydroxylation is 1. The Labute approximate surface area is 151 Å². The normalized spacial score (nSPS) is 13.0. The highest BCUT2D eigenvalue weighted by Gasteiger charge is 2.16. The molecule has 4 rings (SSSR count). The first-order valence-corrected chi connectivity index (χ1v) is 8.90. The summed E-state index contributed by atoms with van der Waals surface area (Å²) >= 11 is 0. The van der Waals surface area contributed by atoms with E-state index in [1.165, 1.54) is 0 Å². The molecule has 1 atom stereocenters. The molecule has 5 nitrogen and oxygen atoms in total. The minimum absolute atomic E-state index is 0.167. The van der Waals surface area contributed by atoms with Crippen LogP contribution in [0.5, 0.6) is 0 Å². The summed E-state index contributed by atoms with van der Waals surface area (Å²) in [4.78, 5) is 14.3. The molecular weight excluding hydrogens is 328 g/mol. The molecular formula is C21H22N2O3. The summed E-state index contributed by atoms with van der Waals surface area (Å²) in [6.45, 7) is 3.62. The fraction of sp³-hybridized carbons (Fsp3) is 0.286. The van der Waals surface area contributed by atoms with Gasteiger partial charge in [-0.25, -0.2) is 4.79 Å². The van der Waals surface area contributed by atoms with Gasteiger partial charge in [-0.3, -0.25) is 9.47 Å². The van der Waals surface area contributed by atoms with Crippen LogP contribution in [0.3, 0.4) is 0 Å². The van der Waals surface area contributed by atoms with Gasteiger partial charge in [0.05, 0.1) is 11.6 Å². The molecule has 0 N–H and O–H groups in total. The Balaban J connectivity index is 1.42. The monoisotopic (exact) mass is 350 g/mol. The van der Waals surface area contributed by atoms with E-state index >= 15 is 0 Å². The van der Waals surface area contributed by atoms with Crippen LogP contribution in [0.15, 0.2) is 68.2 Å². The smallest absolute Gasteiger partial charge is 0.419 e. The van der Waals surface area contributed by atoms with E-state index in [2.05, 4.69) is 31.0 Å². The molecule has 134 valence electrons. The standard InChI is InChI=1S/C21H22N2O3/c1-15(20-14-16-8-3-5-10-18(16)25-20)22(2)12-7-13-23-17-9-4-6-11-19(17)26-21(23)24/h3-6,8-11,14-15H,7,12-13H2,1-2H3. The van der Waals surface area contributed by atoms with Crippen molar-refractivity contribution in [1.82, 2.24) is 9.47 Å². The minimum Gasteiger partial charge on any atom is -0.459 e. The Morgan fingerprint density at radius 2 is 1.77 bits per heavy atom. The lowest BCUT2D eigenvalue weighted by atomic mass is 10.2. The Kier molecular flexibility index (Phi) is 4.39. The molecule has 0 bridgehead atoms. The molecule has 0 saturated carbocycles. The Hall–Kier alpha value is -2.79. The van der Waals surface area contributed by atoms with E-state index in [0.717, 1.165) is 35.2 Å². The maximum Gasteiger partial charge on any atom is 0.419 e. The lowest BCUT2D eigenvalue weighted by molar-refractivity contribution is 0.227. The summed E-state index contributed by atoms with van der Waals surface area (Å²) in [7, 11) is 2.08. The zero-order chi connectivity index (χ0) is 18.1. The number of aromatic nitrogens is 1. The molecule has 5 heteroatoms. The van der Waals surface area contributed by atoms with Gasteiger partial charge in [0.2, 0.25) is 0 Å². The number of para-hydroxylation sites is 3. The number of fused-ring (bicyclic) bond motifs is 2. The predicted molar refractivity (Wildman–Crippen MR) is 102 cm³/mol. The number of nitrogens with zero attached hydrogens (tertiary/aromatic N) is 2. The van der Waals surface area contributed by atoms with Gasteiger partial charge in [0.15, 0.2) is 5.58 Å². The van der Waals surface area contributed by atoms with Crippen molar-refractivity contribution in [3.05, 3.63) is 70.9 Å². The highest BCUT2D eigenvalue weighted by molar-refractivity contribution is 5.77. The third-order valence-corrected chi connectivity index (χ3v) is 4.98. The highest BCUT2D eigenvalue weighted by Crippen LogP contribution is 2.26. The van der Waals surface area contributed by atoms with E-state index in [1.54, 1.807) is 4.57 Å². The van der Waals surface area contributed by atoms with Gasteiger partial charge in [0.1, 0.15) is 11.3 Å². The fourth-order valence-corrected chi connectivity index (χ4v) is 3.32. The molecule has 0 spiro atoms. The summed E-state index contributed by atoms with van der Waals surface area (Å²) < 4.78 is 13.0. The van der Waals surface area contributed by atoms with Gasteiger partial charge in [-0.2, -0.15) is 0 Å². The van der Waals surface area contributed by atoms with Crippen molar-refractivity contribution in [3.63, 3.8) is 0 Å². The van der Waals surface area contributed by atoms with Crippen LogP contribution in [0.2, 0.25) is 0 Å². The van der Waals surface area contributed by atoms with E-state index in [0.29, 0.717) is 12.1 Å². The van der Waals surface area contributed by atoms with Crippen LogP contribution >= 0.6 is 0 Å². The van der Waals surface area contributed by atoms with Crippen molar-refractivity contribution in [3.8, 4) is 0 Å². The topological polar surface area (TPSA) is 51.5 Å². The summed E-state index contributed by atoms with van der Waals surface area (Å²) in [6.07, 6.45) is 0.852. The van der Waals surface area contributed by atoms with Crippen LogP contribution in [0, 0.1) is 0 Å². The van der Waals surface area contributed by atoms with Gasteiger partial charge in [0, 0.05) is 18.5 Å². The van der Waals surface area contributed by atoms with Crippen LogP contribution in [0.4, 0.5) is 0 Å². The maximum absolute atomic E-state index is 12.0. The molecule has 0 fully saturated rings. The molecule has 0 aliphatic carbocycles. The lowest BCUT2D eigenvalue weighted by Gasteiger charge is -2.22. The van der Waals surface area contributed by atoms with Gasteiger partial charge >= 0.3 is 5.76 Å². The number of oxazole rings is 1. The zero-order valence-corrected chi connectivity index (χ0v) is 15.0. The predicted octanol–water partition coefficient (Wildman–Crippen LogP) is 4.42. The van der Waals surface area contributed by atoms with Crippen LogP contribution < -0.4 is 5.76 Å². The van der Waals surface area contributed by atoms with Crippen LogP contribution in [-0.2, 0) is 6.54 Å². The second-order valence-corrected chi connectivity index (χ2v) is 6.68. The molecule has 0 aliphatic heterocycles. The zero-order valence-electron chi connectivity index (χ0n) is 15.0. The highest BCUT2D eigenvalue weighted by atomic mass is 16.4. The molecule has 0 amide bonds. The SMILES string of the molecule is CC(c1cc2ccccc2o1)N(C)CCCn1c(=O)oc2ccccc21. The first-order chi connectivity index (χ1) is 12.6. The average Bonchev–Trinajstić information content (AvgIpc) is 3.22. The van der Waals surface area contributed by atoms with Crippen molar-refractivity contribution in [1.29, 1.82) is 0 Å². The second kappa shape index (κ2) is 6.84. The van der Waals surface area contributed by atoms with E-state index in [4.69, 9.17) is 8.83 Å². The third-order valence-electron chi connectivity index (χ3n) is 4.98. The van der Waals surface area contributed by atoms with Crippen molar-refractivity contribution in [2.75, 3.05) is 13.6 Å². The van der Waals surface area contributed by atoms with E-state index in [9.17, 15) is 4.79 Å². The second-order valence-electron chi connectivity index (χ2n) is 6.68. The molecule has 0 radical (unpaired) electrons. The molecule has 4 aromatic rings. The third kappa shape index (κ3) is 3.06. The molecule has 0 saturated heterocycles. The Morgan fingerprint density at radius 1 is 1.04 bits per heavy atom. The summed E-state index contributed by atoms with van der Waals surface area (Å²) in [5, 5.41) is 1.12. The summed E-state index contributed by atoms with van der Waals surface area (Å²) in [6, 6.07) is 17.9. The van der Waals surface area contributed by atoms with E-state index < -0.39 is 0 Å². The lowest BCUT2D eigenvalue weighted by Crippen LogP contribution is -2.25. The first-order valence-electron chi connectivity index (χ1n) is 8.90. The number of hydrogen-bond acceptors (Lipinski definition) is 4. The molecule has 2 aromatic carbocycles. The van der Waals surface area contributed by atoms with Crippen molar-refractivity contribution in [2.24, 2.45) is 0 Å².